The summed E-state index contributed by atoms with van der Waals surface area (Å²) in [7, 11) is 0. The monoisotopic (exact) mass is 328 g/mol. The topological polar surface area (TPSA) is 88.3 Å². The molecule has 7 heteroatoms. The second-order valence-corrected chi connectivity index (χ2v) is 6.16. The third-order valence-electron chi connectivity index (χ3n) is 4.09. The van der Waals surface area contributed by atoms with Gasteiger partial charge in [0.15, 0.2) is 5.82 Å². The van der Waals surface area contributed by atoms with Crippen LogP contribution >= 0.6 is 0 Å². The van der Waals surface area contributed by atoms with Crippen LogP contribution in [0.1, 0.15) is 36.5 Å². The summed E-state index contributed by atoms with van der Waals surface area (Å²) in [5.41, 5.74) is 1.24. The van der Waals surface area contributed by atoms with Crippen molar-refractivity contribution in [3.63, 3.8) is 0 Å². The molecule has 0 radical (unpaired) electrons. The Kier molecular flexibility index (Phi) is 4.33. The molecular weight excluding hydrogens is 308 g/mol. The van der Waals surface area contributed by atoms with E-state index in [1.807, 2.05) is 13.8 Å². The smallest absolute Gasteiger partial charge is 0.257 e. The predicted octanol–water partition coefficient (Wildman–Crippen LogP) is 1.78. The maximum absolute atomic E-state index is 12.3. The molecule has 2 amide bonds. The van der Waals surface area contributed by atoms with Crippen molar-refractivity contribution in [2.45, 2.75) is 39.3 Å². The fourth-order valence-electron chi connectivity index (χ4n) is 2.77. The van der Waals surface area contributed by atoms with Crippen LogP contribution in [0, 0.1) is 6.92 Å². The number of aryl methyl sites for hydroxylation is 1. The molecule has 0 unspecified atom stereocenters. The van der Waals surface area contributed by atoms with E-state index in [1.165, 1.54) is 0 Å². The summed E-state index contributed by atoms with van der Waals surface area (Å²) in [6.07, 6.45) is 0.641. The van der Waals surface area contributed by atoms with Crippen molar-refractivity contribution in [1.29, 1.82) is 0 Å². The normalized spacial score (nSPS) is 17.6. The zero-order valence-corrected chi connectivity index (χ0v) is 13.9. The lowest BCUT2D eigenvalue weighted by atomic mass is 10.1. The largest absolute Gasteiger partial charge is 0.340 e. The van der Waals surface area contributed by atoms with Crippen LogP contribution in [0.25, 0.3) is 11.5 Å². The quantitative estimate of drug-likeness (QED) is 0.924. The highest BCUT2D eigenvalue weighted by Crippen LogP contribution is 2.18. The molecule has 1 N–H and O–H groups in total. The van der Waals surface area contributed by atoms with Gasteiger partial charge < -0.3 is 14.7 Å². The minimum absolute atomic E-state index is 0.0173. The molecule has 0 saturated carbocycles. The number of carbonyl (C=O) groups excluding carboxylic acids is 2. The van der Waals surface area contributed by atoms with Crippen LogP contribution in [0.4, 0.5) is 0 Å². The van der Waals surface area contributed by atoms with Crippen molar-refractivity contribution in [2.75, 3.05) is 6.54 Å². The molecule has 1 aliphatic heterocycles. The highest BCUT2D eigenvalue weighted by molar-refractivity contribution is 5.98. The van der Waals surface area contributed by atoms with Gasteiger partial charge in [0.1, 0.15) is 6.04 Å². The molecule has 0 spiro atoms. The number of likely N-dealkylation sites (tertiary alicyclic amines) is 1. The molecule has 7 nitrogen and oxygen atoms in total. The fraction of sp³-hybridized carbons (Fsp3) is 0.412. The second-order valence-electron chi connectivity index (χ2n) is 6.16. The van der Waals surface area contributed by atoms with Crippen LogP contribution in [-0.4, -0.2) is 45.5 Å². The Balaban J connectivity index is 1.67. The molecule has 0 bridgehead atoms. The Morgan fingerprint density at radius 2 is 2.04 bits per heavy atom. The summed E-state index contributed by atoms with van der Waals surface area (Å²) in [4.78, 5) is 30.5. The van der Waals surface area contributed by atoms with Crippen LogP contribution in [-0.2, 0) is 4.79 Å². The number of amides is 2. The molecule has 1 aliphatic rings. The van der Waals surface area contributed by atoms with Gasteiger partial charge in [0.2, 0.25) is 5.91 Å². The number of carbonyl (C=O) groups is 2. The third-order valence-corrected chi connectivity index (χ3v) is 4.09. The molecule has 1 aromatic heterocycles. The molecule has 126 valence electrons. The maximum Gasteiger partial charge on any atom is 0.257 e. The Morgan fingerprint density at radius 1 is 1.33 bits per heavy atom. The van der Waals surface area contributed by atoms with E-state index >= 15 is 0 Å². The molecule has 1 atom stereocenters. The van der Waals surface area contributed by atoms with Crippen LogP contribution in [0.15, 0.2) is 28.8 Å². The number of nitrogens with one attached hydrogen (secondary N) is 1. The van der Waals surface area contributed by atoms with Crippen molar-refractivity contribution >= 4 is 11.8 Å². The first-order valence-corrected chi connectivity index (χ1v) is 7.98. The van der Waals surface area contributed by atoms with E-state index in [0.717, 1.165) is 5.56 Å². The summed E-state index contributed by atoms with van der Waals surface area (Å²) in [5, 5.41) is 6.55. The van der Waals surface area contributed by atoms with E-state index in [-0.39, 0.29) is 17.9 Å². The van der Waals surface area contributed by atoms with Gasteiger partial charge >= 0.3 is 0 Å². The number of hydrogen-bond donors (Lipinski definition) is 1. The third kappa shape index (κ3) is 3.15. The minimum Gasteiger partial charge on any atom is -0.340 e. The average Bonchev–Trinajstić information content (AvgIpc) is 3.14. The number of aromatic nitrogens is 2. The summed E-state index contributed by atoms with van der Waals surface area (Å²) >= 11 is 0. The molecule has 3 rings (SSSR count). The number of benzene rings is 1. The average molecular weight is 328 g/mol. The summed E-state index contributed by atoms with van der Waals surface area (Å²) in [6, 6.07) is 6.57. The molecular formula is C17H20N4O3. The van der Waals surface area contributed by atoms with Gasteiger partial charge in [-0.1, -0.05) is 5.16 Å². The van der Waals surface area contributed by atoms with Gasteiger partial charge in [-0.25, -0.2) is 0 Å². The van der Waals surface area contributed by atoms with Crippen LogP contribution in [0.2, 0.25) is 0 Å². The highest BCUT2D eigenvalue weighted by atomic mass is 16.5. The number of hydrogen-bond acceptors (Lipinski definition) is 5. The van der Waals surface area contributed by atoms with Gasteiger partial charge in [-0.3, -0.25) is 9.59 Å². The summed E-state index contributed by atoms with van der Waals surface area (Å²) in [6.45, 7) is 6.37. The zero-order chi connectivity index (χ0) is 17.3. The molecule has 1 saturated heterocycles. The fourth-order valence-corrected chi connectivity index (χ4v) is 2.77. The Morgan fingerprint density at radius 3 is 2.58 bits per heavy atom. The van der Waals surface area contributed by atoms with E-state index in [0.29, 0.717) is 30.2 Å². The van der Waals surface area contributed by atoms with Crippen molar-refractivity contribution in [3.8, 4) is 11.5 Å². The van der Waals surface area contributed by atoms with Crippen LogP contribution in [0.3, 0.4) is 0 Å². The molecule has 1 fully saturated rings. The van der Waals surface area contributed by atoms with Gasteiger partial charge in [0.05, 0.1) is 0 Å². The van der Waals surface area contributed by atoms with E-state index in [4.69, 9.17) is 4.52 Å². The van der Waals surface area contributed by atoms with E-state index < -0.39 is 6.04 Å². The second kappa shape index (κ2) is 6.43. The van der Waals surface area contributed by atoms with Gasteiger partial charge in [-0.2, -0.15) is 4.98 Å². The van der Waals surface area contributed by atoms with Crippen molar-refractivity contribution in [3.05, 3.63) is 35.7 Å². The maximum atomic E-state index is 12.3. The van der Waals surface area contributed by atoms with Crippen molar-refractivity contribution in [1.82, 2.24) is 20.4 Å². The lowest BCUT2D eigenvalue weighted by molar-refractivity contribution is -0.130. The van der Waals surface area contributed by atoms with E-state index in [2.05, 4.69) is 15.5 Å². The number of nitrogens with zero attached hydrogens (tertiary/aromatic N) is 3. The Bertz CT molecular complexity index is 751. The Labute approximate surface area is 140 Å². The van der Waals surface area contributed by atoms with Crippen LogP contribution < -0.4 is 5.32 Å². The highest BCUT2D eigenvalue weighted by Gasteiger charge is 2.34. The summed E-state index contributed by atoms with van der Waals surface area (Å²) < 4.78 is 5.09. The van der Waals surface area contributed by atoms with E-state index in [1.54, 1.807) is 36.1 Å². The van der Waals surface area contributed by atoms with Gasteiger partial charge in [0, 0.05) is 23.7 Å². The van der Waals surface area contributed by atoms with Gasteiger partial charge in [-0.05, 0) is 51.5 Å². The lowest BCUT2D eigenvalue weighted by Crippen LogP contribution is -2.43. The minimum atomic E-state index is -0.446. The van der Waals surface area contributed by atoms with Gasteiger partial charge in [-0.15, -0.1) is 0 Å². The van der Waals surface area contributed by atoms with Crippen molar-refractivity contribution in [2.24, 2.45) is 0 Å². The molecule has 1 aromatic carbocycles. The molecule has 2 aromatic rings. The SMILES string of the molecule is Cc1noc(-c2ccc(C(=O)N[C@H]3CCN(C(C)C)C3=O)cc2)n1. The first-order valence-electron chi connectivity index (χ1n) is 7.98. The van der Waals surface area contributed by atoms with Crippen molar-refractivity contribution < 1.29 is 14.1 Å². The standard InChI is InChI=1S/C17H20N4O3/c1-10(2)21-9-8-14(17(21)23)19-15(22)12-4-6-13(7-5-12)16-18-11(3)20-24-16/h4-7,10,14H,8-9H2,1-3H3,(H,19,22)/t14-/m0/s1. The summed E-state index contributed by atoms with van der Waals surface area (Å²) in [5.74, 6) is 0.697. The first-order chi connectivity index (χ1) is 11.5. The first kappa shape index (κ1) is 16.2. The molecule has 0 aliphatic carbocycles. The molecule has 24 heavy (non-hydrogen) atoms. The Hall–Kier alpha value is -2.70. The number of rotatable bonds is 4. The van der Waals surface area contributed by atoms with E-state index in [9.17, 15) is 9.59 Å². The lowest BCUT2D eigenvalue weighted by Gasteiger charge is -2.21. The van der Waals surface area contributed by atoms with Crippen LogP contribution in [0.5, 0.6) is 0 Å². The molecule has 2 heterocycles. The predicted molar refractivity (Wildman–Crippen MR) is 87.2 cm³/mol. The zero-order valence-electron chi connectivity index (χ0n) is 13.9. The van der Waals surface area contributed by atoms with Gasteiger partial charge in [0.25, 0.3) is 11.8 Å².